The van der Waals surface area contributed by atoms with Gasteiger partial charge in [0.1, 0.15) is 0 Å². The number of nitrogens with zero attached hydrogens (tertiary/aromatic N) is 1. The molecule has 0 bridgehead atoms. The van der Waals surface area contributed by atoms with Crippen molar-refractivity contribution in [2.45, 2.75) is 6.92 Å². The third-order valence-corrected chi connectivity index (χ3v) is 1.44. The zero-order chi connectivity index (χ0) is 10.4. The summed E-state index contributed by atoms with van der Waals surface area (Å²) in [5.41, 5.74) is 0.833. The van der Waals surface area contributed by atoms with Gasteiger partial charge in [-0.15, -0.1) is 0 Å². The van der Waals surface area contributed by atoms with E-state index in [1.807, 2.05) is 0 Å². The van der Waals surface area contributed by atoms with Gasteiger partial charge in [0.15, 0.2) is 6.29 Å². The molecule has 1 aromatic heterocycles. The highest BCUT2D eigenvalue weighted by molar-refractivity contribution is 5.88. The maximum atomic E-state index is 10.7. The van der Waals surface area contributed by atoms with Gasteiger partial charge in [-0.3, -0.25) is 14.6 Å². The van der Waals surface area contributed by atoms with Crippen molar-refractivity contribution in [2.24, 2.45) is 0 Å². The first-order valence-electron chi connectivity index (χ1n) is 4.08. The lowest BCUT2D eigenvalue weighted by Gasteiger charge is -1.99. The Bertz CT molecular complexity index is 358. The lowest BCUT2D eigenvalue weighted by atomic mass is 10.3. The highest BCUT2D eigenvalue weighted by atomic mass is 16.2. The predicted octanol–water partition coefficient (Wildman–Crippen LogP) is 0.758. The second-order valence-electron chi connectivity index (χ2n) is 2.65. The van der Waals surface area contributed by atoms with Crippen molar-refractivity contribution in [1.82, 2.24) is 10.3 Å². The number of pyridine rings is 1. The average Bonchev–Trinajstić information content (AvgIpc) is 2.17. The standard InChI is InChI=1S/C10H10N2O2/c1-8(14)12-10(7-13)6-9-4-2-3-5-11-9/h2-7H,1H3,(H,12,14). The molecule has 0 aliphatic heterocycles. The predicted molar refractivity (Wildman–Crippen MR) is 52.1 cm³/mol. The molecule has 0 aliphatic rings. The Labute approximate surface area is 81.7 Å². The third kappa shape index (κ3) is 3.18. The molecule has 14 heavy (non-hydrogen) atoms. The van der Waals surface area contributed by atoms with Crippen LogP contribution in [0.3, 0.4) is 0 Å². The summed E-state index contributed by atoms with van der Waals surface area (Å²) in [6, 6.07) is 5.32. The van der Waals surface area contributed by atoms with Crippen molar-refractivity contribution < 1.29 is 9.59 Å². The molecule has 0 spiro atoms. The van der Waals surface area contributed by atoms with E-state index in [9.17, 15) is 9.59 Å². The molecule has 1 heterocycles. The normalized spacial score (nSPS) is 10.8. The monoisotopic (exact) mass is 190 g/mol. The Morgan fingerprint density at radius 1 is 1.50 bits per heavy atom. The molecule has 0 saturated heterocycles. The van der Waals surface area contributed by atoms with Crippen LogP contribution < -0.4 is 5.32 Å². The van der Waals surface area contributed by atoms with Crippen LogP contribution in [0, 0.1) is 0 Å². The largest absolute Gasteiger partial charge is 0.324 e. The molecule has 0 saturated carbocycles. The maximum Gasteiger partial charge on any atom is 0.221 e. The van der Waals surface area contributed by atoms with E-state index < -0.39 is 0 Å². The molecule has 1 N–H and O–H groups in total. The summed E-state index contributed by atoms with van der Waals surface area (Å²) < 4.78 is 0. The van der Waals surface area contributed by atoms with Gasteiger partial charge in [-0.2, -0.15) is 0 Å². The number of carbonyl (C=O) groups is 2. The fourth-order valence-electron chi connectivity index (χ4n) is 0.924. The van der Waals surface area contributed by atoms with E-state index in [4.69, 9.17) is 0 Å². The van der Waals surface area contributed by atoms with E-state index in [0.717, 1.165) is 0 Å². The molecule has 0 aliphatic carbocycles. The van der Waals surface area contributed by atoms with Crippen LogP contribution in [-0.2, 0) is 9.59 Å². The van der Waals surface area contributed by atoms with Gasteiger partial charge < -0.3 is 5.32 Å². The van der Waals surface area contributed by atoms with Crippen LogP contribution in [0.25, 0.3) is 6.08 Å². The smallest absolute Gasteiger partial charge is 0.221 e. The number of aromatic nitrogens is 1. The van der Waals surface area contributed by atoms with Crippen LogP contribution in [0.2, 0.25) is 0 Å². The van der Waals surface area contributed by atoms with Gasteiger partial charge in [-0.1, -0.05) is 6.07 Å². The Balaban J connectivity index is 2.84. The van der Waals surface area contributed by atoms with Crippen LogP contribution in [0.4, 0.5) is 0 Å². The molecule has 4 heteroatoms. The summed E-state index contributed by atoms with van der Waals surface area (Å²) in [5, 5.41) is 2.39. The second kappa shape index (κ2) is 4.91. The molecule has 0 fully saturated rings. The summed E-state index contributed by atoms with van der Waals surface area (Å²) in [6.07, 6.45) is 3.70. The van der Waals surface area contributed by atoms with Gasteiger partial charge >= 0.3 is 0 Å². The zero-order valence-electron chi connectivity index (χ0n) is 7.73. The third-order valence-electron chi connectivity index (χ3n) is 1.44. The second-order valence-corrected chi connectivity index (χ2v) is 2.65. The molecule has 1 aromatic rings. The van der Waals surface area contributed by atoms with Crippen LogP contribution in [-0.4, -0.2) is 17.2 Å². The van der Waals surface area contributed by atoms with E-state index in [1.165, 1.54) is 13.0 Å². The van der Waals surface area contributed by atoms with Gasteiger partial charge in [0.05, 0.1) is 11.4 Å². The molecular formula is C10H10N2O2. The van der Waals surface area contributed by atoms with Crippen molar-refractivity contribution in [3.05, 3.63) is 35.8 Å². The highest BCUT2D eigenvalue weighted by Crippen LogP contribution is 1.99. The first-order chi connectivity index (χ1) is 6.72. The Kier molecular flexibility index (Phi) is 3.55. The van der Waals surface area contributed by atoms with Gasteiger partial charge in [0.25, 0.3) is 0 Å². The van der Waals surface area contributed by atoms with Crippen molar-refractivity contribution in [3.63, 3.8) is 0 Å². The van der Waals surface area contributed by atoms with Gasteiger partial charge in [0, 0.05) is 13.1 Å². The number of carbonyl (C=O) groups excluding carboxylic acids is 2. The van der Waals surface area contributed by atoms with Crippen molar-refractivity contribution in [2.75, 3.05) is 0 Å². The number of hydrogen-bond acceptors (Lipinski definition) is 3. The fraction of sp³-hybridized carbons (Fsp3) is 0.100. The number of amides is 1. The van der Waals surface area contributed by atoms with Gasteiger partial charge in [-0.25, -0.2) is 0 Å². The number of rotatable bonds is 3. The minimum atomic E-state index is -0.278. The van der Waals surface area contributed by atoms with Crippen LogP contribution in [0.1, 0.15) is 12.6 Å². The minimum Gasteiger partial charge on any atom is -0.324 e. The quantitative estimate of drug-likeness (QED) is 0.565. The van der Waals surface area contributed by atoms with E-state index in [0.29, 0.717) is 12.0 Å². The Hall–Kier alpha value is -1.97. The summed E-state index contributed by atoms with van der Waals surface area (Å²) in [5.74, 6) is -0.278. The van der Waals surface area contributed by atoms with Crippen LogP contribution in [0.5, 0.6) is 0 Å². The minimum absolute atomic E-state index is 0.205. The van der Waals surface area contributed by atoms with E-state index in [2.05, 4.69) is 10.3 Å². The topological polar surface area (TPSA) is 59.1 Å². The summed E-state index contributed by atoms with van der Waals surface area (Å²) in [7, 11) is 0. The highest BCUT2D eigenvalue weighted by Gasteiger charge is 1.97. The van der Waals surface area contributed by atoms with Crippen molar-refractivity contribution in [1.29, 1.82) is 0 Å². The summed E-state index contributed by atoms with van der Waals surface area (Å²) >= 11 is 0. The number of allylic oxidation sites excluding steroid dienone is 1. The number of aldehydes is 1. The van der Waals surface area contributed by atoms with Crippen molar-refractivity contribution >= 4 is 18.3 Å². The van der Waals surface area contributed by atoms with Gasteiger partial charge in [0.2, 0.25) is 5.91 Å². The lowest BCUT2D eigenvalue weighted by molar-refractivity contribution is -0.119. The number of nitrogens with one attached hydrogen (secondary N) is 1. The Morgan fingerprint density at radius 2 is 2.29 bits per heavy atom. The van der Waals surface area contributed by atoms with Crippen LogP contribution >= 0.6 is 0 Å². The Morgan fingerprint density at radius 3 is 2.79 bits per heavy atom. The fourth-order valence-corrected chi connectivity index (χ4v) is 0.924. The van der Waals surface area contributed by atoms with E-state index >= 15 is 0 Å². The van der Waals surface area contributed by atoms with E-state index in [-0.39, 0.29) is 11.6 Å². The molecular weight excluding hydrogens is 180 g/mol. The molecule has 0 atom stereocenters. The molecule has 0 aromatic carbocycles. The summed E-state index contributed by atoms with van der Waals surface area (Å²) in [6.45, 7) is 1.34. The molecule has 1 rings (SSSR count). The molecule has 1 amide bonds. The molecule has 0 unspecified atom stereocenters. The lowest BCUT2D eigenvalue weighted by Crippen LogP contribution is -2.19. The molecule has 72 valence electrons. The van der Waals surface area contributed by atoms with Gasteiger partial charge in [-0.05, 0) is 18.2 Å². The maximum absolute atomic E-state index is 10.7. The molecule has 0 radical (unpaired) electrons. The summed E-state index contributed by atoms with van der Waals surface area (Å²) in [4.78, 5) is 25.2. The molecule has 4 nitrogen and oxygen atoms in total. The zero-order valence-corrected chi connectivity index (χ0v) is 7.73. The van der Waals surface area contributed by atoms with Crippen molar-refractivity contribution in [3.8, 4) is 0 Å². The number of hydrogen-bond donors (Lipinski definition) is 1. The van der Waals surface area contributed by atoms with E-state index in [1.54, 1.807) is 24.4 Å². The average molecular weight is 190 g/mol. The first-order valence-corrected chi connectivity index (χ1v) is 4.08. The SMILES string of the molecule is CC(=O)NC(C=O)=Cc1ccccn1. The first kappa shape index (κ1) is 10.1. The van der Waals surface area contributed by atoms with Crippen LogP contribution in [0.15, 0.2) is 30.1 Å².